The quantitative estimate of drug-likeness (QED) is 0.784. The summed E-state index contributed by atoms with van der Waals surface area (Å²) in [5, 5.41) is 9.94. The normalized spacial score (nSPS) is 24.9. The van der Waals surface area contributed by atoms with Crippen LogP contribution in [0.25, 0.3) is 0 Å². The molecule has 3 N–H and O–H groups in total. The van der Waals surface area contributed by atoms with Gasteiger partial charge in [-0.25, -0.2) is 0 Å². The molecule has 0 aliphatic heterocycles. The van der Waals surface area contributed by atoms with Gasteiger partial charge in [-0.1, -0.05) is 24.3 Å². The molecule has 2 saturated carbocycles. The predicted octanol–water partition coefficient (Wildman–Crippen LogP) is 1.66. The van der Waals surface area contributed by atoms with E-state index in [4.69, 9.17) is 5.73 Å². The maximum atomic E-state index is 9.94. The molecule has 0 bridgehead atoms. The molecule has 1 aromatic rings. The highest BCUT2D eigenvalue weighted by molar-refractivity contribution is 5.37. The molecule has 2 aliphatic carbocycles. The molecule has 2 nitrogen and oxygen atoms in total. The number of nitrogens with two attached hydrogens (primary N) is 1. The molecule has 0 heterocycles. The molecule has 15 heavy (non-hydrogen) atoms. The zero-order chi connectivity index (χ0) is 10.5. The highest BCUT2D eigenvalue weighted by Crippen LogP contribution is 2.49. The first-order chi connectivity index (χ1) is 7.19. The lowest BCUT2D eigenvalue weighted by atomic mass is 9.94. The Morgan fingerprint density at radius 3 is 1.93 bits per heavy atom. The second kappa shape index (κ2) is 2.83. The molecule has 3 rings (SSSR count). The summed E-state index contributed by atoms with van der Waals surface area (Å²) in [6.45, 7) is 0.747. The Bertz CT molecular complexity index is 374. The van der Waals surface area contributed by atoms with Crippen molar-refractivity contribution in [2.45, 2.75) is 36.7 Å². The fourth-order valence-electron chi connectivity index (χ4n) is 2.30. The molecular formula is C13H17NO. The van der Waals surface area contributed by atoms with Crippen molar-refractivity contribution in [2.75, 3.05) is 6.54 Å². The van der Waals surface area contributed by atoms with Crippen molar-refractivity contribution >= 4 is 0 Å². The third kappa shape index (κ3) is 1.40. The topological polar surface area (TPSA) is 46.2 Å². The van der Waals surface area contributed by atoms with Gasteiger partial charge in [0.2, 0.25) is 0 Å². The summed E-state index contributed by atoms with van der Waals surface area (Å²) < 4.78 is 0. The summed E-state index contributed by atoms with van der Waals surface area (Å²) in [4.78, 5) is 0. The Hall–Kier alpha value is -0.860. The van der Waals surface area contributed by atoms with Gasteiger partial charge in [-0.05, 0) is 36.8 Å². The van der Waals surface area contributed by atoms with E-state index in [2.05, 4.69) is 24.3 Å². The van der Waals surface area contributed by atoms with Crippen LogP contribution < -0.4 is 5.73 Å². The lowest BCUT2D eigenvalue weighted by Crippen LogP contribution is -2.19. The van der Waals surface area contributed by atoms with Crippen molar-refractivity contribution in [3.05, 3.63) is 35.4 Å². The van der Waals surface area contributed by atoms with Crippen molar-refractivity contribution in [2.24, 2.45) is 5.73 Å². The third-order valence-corrected chi connectivity index (χ3v) is 4.00. The van der Waals surface area contributed by atoms with Crippen LogP contribution in [0, 0.1) is 0 Å². The minimum absolute atomic E-state index is 0.269. The predicted molar refractivity (Wildman–Crippen MR) is 59.5 cm³/mol. The van der Waals surface area contributed by atoms with Gasteiger partial charge in [0, 0.05) is 12.0 Å². The van der Waals surface area contributed by atoms with Crippen molar-refractivity contribution in [1.29, 1.82) is 0 Å². The Kier molecular flexibility index (Phi) is 1.77. The van der Waals surface area contributed by atoms with Crippen molar-refractivity contribution in [1.82, 2.24) is 0 Å². The molecule has 2 fully saturated rings. The molecule has 0 atom stereocenters. The van der Waals surface area contributed by atoms with Gasteiger partial charge < -0.3 is 10.8 Å². The summed E-state index contributed by atoms with van der Waals surface area (Å²) in [6.07, 6.45) is 4.25. The summed E-state index contributed by atoms with van der Waals surface area (Å²) >= 11 is 0. The average molecular weight is 203 g/mol. The molecule has 0 amide bonds. The van der Waals surface area contributed by atoms with E-state index in [9.17, 15) is 5.11 Å². The number of benzene rings is 1. The van der Waals surface area contributed by atoms with Crippen LogP contribution in [-0.2, 0) is 11.0 Å². The SMILES string of the molecule is NCC1(c2ccc(C3(O)CC3)cc2)CC1. The van der Waals surface area contributed by atoms with Crippen LogP contribution in [0.5, 0.6) is 0 Å². The lowest BCUT2D eigenvalue weighted by Gasteiger charge is -2.14. The number of hydrogen-bond acceptors (Lipinski definition) is 2. The first-order valence-electron chi connectivity index (χ1n) is 5.72. The third-order valence-electron chi connectivity index (χ3n) is 4.00. The average Bonchev–Trinajstić information content (AvgIpc) is 3.15. The fraction of sp³-hybridized carbons (Fsp3) is 0.538. The van der Waals surface area contributed by atoms with E-state index in [1.807, 2.05) is 0 Å². The molecule has 0 spiro atoms. The van der Waals surface area contributed by atoms with Gasteiger partial charge in [-0.2, -0.15) is 0 Å². The van der Waals surface area contributed by atoms with Gasteiger partial charge in [0.1, 0.15) is 0 Å². The lowest BCUT2D eigenvalue weighted by molar-refractivity contribution is 0.151. The van der Waals surface area contributed by atoms with Gasteiger partial charge in [-0.15, -0.1) is 0 Å². The molecule has 0 unspecified atom stereocenters. The Morgan fingerprint density at radius 2 is 1.53 bits per heavy atom. The van der Waals surface area contributed by atoms with Crippen LogP contribution in [0.4, 0.5) is 0 Å². The highest BCUT2D eigenvalue weighted by Gasteiger charge is 2.44. The smallest absolute Gasteiger partial charge is 0.0899 e. The molecule has 0 radical (unpaired) electrons. The summed E-state index contributed by atoms with van der Waals surface area (Å²) in [5.41, 5.74) is 7.97. The largest absolute Gasteiger partial charge is 0.385 e. The molecule has 0 aromatic heterocycles. The summed E-state index contributed by atoms with van der Waals surface area (Å²) in [5.74, 6) is 0. The minimum atomic E-state index is -0.502. The summed E-state index contributed by atoms with van der Waals surface area (Å²) in [7, 11) is 0. The zero-order valence-electron chi connectivity index (χ0n) is 8.87. The van der Waals surface area contributed by atoms with E-state index in [0.29, 0.717) is 0 Å². The van der Waals surface area contributed by atoms with Crippen molar-refractivity contribution < 1.29 is 5.11 Å². The van der Waals surface area contributed by atoms with Gasteiger partial charge in [-0.3, -0.25) is 0 Å². The maximum Gasteiger partial charge on any atom is 0.0899 e. The maximum absolute atomic E-state index is 9.94. The molecule has 80 valence electrons. The highest BCUT2D eigenvalue weighted by atomic mass is 16.3. The van der Waals surface area contributed by atoms with Gasteiger partial charge >= 0.3 is 0 Å². The molecule has 1 aromatic carbocycles. The van der Waals surface area contributed by atoms with Crippen LogP contribution in [0.1, 0.15) is 36.8 Å². The standard InChI is InChI=1S/C13H17NO/c14-9-12(5-6-12)10-1-3-11(4-2-10)13(15)7-8-13/h1-4,15H,5-9,14H2. The van der Waals surface area contributed by atoms with Crippen LogP contribution in [-0.4, -0.2) is 11.7 Å². The van der Waals surface area contributed by atoms with E-state index in [0.717, 1.165) is 24.9 Å². The minimum Gasteiger partial charge on any atom is -0.385 e. The second-order valence-electron chi connectivity index (χ2n) is 5.09. The number of hydrogen-bond donors (Lipinski definition) is 2. The fourth-order valence-corrected chi connectivity index (χ4v) is 2.30. The first-order valence-corrected chi connectivity index (χ1v) is 5.72. The van der Waals surface area contributed by atoms with Gasteiger partial charge in [0.15, 0.2) is 0 Å². The van der Waals surface area contributed by atoms with Gasteiger partial charge in [0.25, 0.3) is 0 Å². The summed E-state index contributed by atoms with van der Waals surface area (Å²) in [6, 6.07) is 8.42. The van der Waals surface area contributed by atoms with E-state index in [1.54, 1.807) is 0 Å². The Labute approximate surface area is 90.1 Å². The molecule has 2 heteroatoms. The number of rotatable bonds is 3. The molecular weight excluding hydrogens is 186 g/mol. The number of aliphatic hydroxyl groups is 1. The van der Waals surface area contributed by atoms with E-state index in [1.165, 1.54) is 18.4 Å². The molecule has 2 aliphatic rings. The van der Waals surface area contributed by atoms with E-state index < -0.39 is 5.60 Å². The monoisotopic (exact) mass is 203 g/mol. The van der Waals surface area contributed by atoms with Crippen LogP contribution >= 0.6 is 0 Å². The van der Waals surface area contributed by atoms with E-state index in [-0.39, 0.29) is 5.41 Å². The van der Waals surface area contributed by atoms with Crippen molar-refractivity contribution in [3.8, 4) is 0 Å². The zero-order valence-corrected chi connectivity index (χ0v) is 8.87. The first kappa shape index (κ1) is 9.37. The van der Waals surface area contributed by atoms with Crippen LogP contribution in [0.3, 0.4) is 0 Å². The van der Waals surface area contributed by atoms with E-state index >= 15 is 0 Å². The van der Waals surface area contributed by atoms with Crippen LogP contribution in [0.2, 0.25) is 0 Å². The molecule has 0 saturated heterocycles. The second-order valence-corrected chi connectivity index (χ2v) is 5.09. The van der Waals surface area contributed by atoms with Gasteiger partial charge in [0.05, 0.1) is 5.60 Å². The van der Waals surface area contributed by atoms with Crippen molar-refractivity contribution in [3.63, 3.8) is 0 Å². The van der Waals surface area contributed by atoms with Crippen LogP contribution in [0.15, 0.2) is 24.3 Å². The Balaban J connectivity index is 1.88. The Morgan fingerprint density at radius 1 is 1.00 bits per heavy atom.